The summed E-state index contributed by atoms with van der Waals surface area (Å²) in [5.41, 5.74) is 2.16. The number of carbonyl (C=O) groups is 1. The van der Waals surface area contributed by atoms with Crippen molar-refractivity contribution in [2.45, 2.75) is 71.3 Å². The fourth-order valence-corrected chi connectivity index (χ4v) is 6.66. The van der Waals surface area contributed by atoms with Crippen molar-refractivity contribution < 1.29 is 9.63 Å². The third-order valence-electron chi connectivity index (χ3n) is 7.88. The second kappa shape index (κ2) is 4.91. The number of nitrogens with two attached hydrogens (primary N) is 1. The van der Waals surface area contributed by atoms with Crippen molar-refractivity contribution in [1.82, 2.24) is 0 Å². The van der Waals surface area contributed by atoms with E-state index in [2.05, 4.69) is 13.8 Å². The van der Waals surface area contributed by atoms with Gasteiger partial charge in [-0.3, -0.25) is 4.79 Å². The lowest BCUT2D eigenvalue weighted by molar-refractivity contribution is -0.117. The third kappa shape index (κ3) is 1.98. The van der Waals surface area contributed by atoms with E-state index in [0.29, 0.717) is 11.2 Å². The van der Waals surface area contributed by atoms with Crippen molar-refractivity contribution in [3.63, 3.8) is 0 Å². The van der Waals surface area contributed by atoms with Gasteiger partial charge in [0, 0.05) is 6.42 Å². The zero-order chi connectivity index (χ0) is 15.5. The minimum atomic E-state index is 0.256. The van der Waals surface area contributed by atoms with Crippen molar-refractivity contribution in [3.8, 4) is 0 Å². The van der Waals surface area contributed by atoms with Crippen LogP contribution in [0.4, 0.5) is 0 Å². The minimum absolute atomic E-state index is 0.256. The van der Waals surface area contributed by atoms with Gasteiger partial charge in [-0.2, -0.15) is 0 Å². The highest BCUT2D eigenvalue weighted by Crippen LogP contribution is 2.65. The van der Waals surface area contributed by atoms with Gasteiger partial charge in [0.2, 0.25) is 0 Å². The molecule has 3 saturated carbocycles. The molecule has 0 aromatic heterocycles. The molecule has 0 saturated heterocycles. The molecule has 3 nitrogen and oxygen atoms in total. The Hall–Kier alpha value is -0.670. The summed E-state index contributed by atoms with van der Waals surface area (Å²) in [6.07, 6.45) is 11.4. The Morgan fingerprint density at radius 1 is 1.18 bits per heavy atom. The van der Waals surface area contributed by atoms with Gasteiger partial charge in [-0.05, 0) is 79.6 Å². The summed E-state index contributed by atoms with van der Waals surface area (Å²) in [7, 11) is 0. The van der Waals surface area contributed by atoms with Crippen molar-refractivity contribution >= 4 is 5.78 Å². The molecule has 4 aliphatic rings. The second-order valence-electron chi connectivity index (χ2n) is 8.86. The van der Waals surface area contributed by atoms with Crippen molar-refractivity contribution in [3.05, 3.63) is 11.6 Å². The van der Waals surface area contributed by atoms with Gasteiger partial charge in [0.05, 0.1) is 6.10 Å². The Kier molecular flexibility index (Phi) is 3.32. The molecule has 6 unspecified atom stereocenters. The molecule has 0 aliphatic heterocycles. The van der Waals surface area contributed by atoms with E-state index >= 15 is 0 Å². The number of carbonyl (C=O) groups excluding carboxylic acids is 1. The molecule has 3 heteroatoms. The SMILES string of the molecule is CC12CCC3C(CCC4=CC(=O)CCC43C)C1CC(ON)C2. The Morgan fingerprint density at radius 2 is 2.00 bits per heavy atom. The average molecular weight is 303 g/mol. The van der Waals surface area contributed by atoms with Crippen molar-refractivity contribution in [2.75, 3.05) is 0 Å². The summed E-state index contributed by atoms with van der Waals surface area (Å²) in [5.74, 6) is 8.19. The maximum absolute atomic E-state index is 11.8. The fraction of sp³-hybridized carbons (Fsp3) is 0.842. The van der Waals surface area contributed by atoms with Crippen LogP contribution in [-0.4, -0.2) is 11.9 Å². The summed E-state index contributed by atoms with van der Waals surface area (Å²) in [6, 6.07) is 0. The van der Waals surface area contributed by atoms with Gasteiger partial charge >= 0.3 is 0 Å². The topological polar surface area (TPSA) is 52.3 Å². The predicted octanol–water partition coefficient (Wildman–Crippen LogP) is 3.78. The molecular formula is C19H29NO2. The van der Waals surface area contributed by atoms with Crippen LogP contribution in [0.15, 0.2) is 11.6 Å². The first-order valence-corrected chi connectivity index (χ1v) is 9.06. The first-order chi connectivity index (χ1) is 10.5. The van der Waals surface area contributed by atoms with Crippen LogP contribution in [0, 0.1) is 28.6 Å². The van der Waals surface area contributed by atoms with Crippen molar-refractivity contribution in [2.24, 2.45) is 34.5 Å². The van der Waals surface area contributed by atoms with E-state index in [1.807, 2.05) is 6.08 Å². The van der Waals surface area contributed by atoms with Gasteiger partial charge in [0.1, 0.15) is 0 Å². The molecule has 0 aromatic rings. The maximum Gasteiger partial charge on any atom is 0.155 e. The monoisotopic (exact) mass is 303 g/mol. The summed E-state index contributed by atoms with van der Waals surface area (Å²) >= 11 is 0. The average Bonchev–Trinajstić information content (AvgIpc) is 2.85. The van der Waals surface area contributed by atoms with E-state index in [4.69, 9.17) is 10.7 Å². The summed E-state index contributed by atoms with van der Waals surface area (Å²) < 4.78 is 0. The Morgan fingerprint density at radius 3 is 2.77 bits per heavy atom. The highest BCUT2D eigenvalue weighted by molar-refractivity contribution is 5.91. The van der Waals surface area contributed by atoms with Crippen molar-refractivity contribution in [1.29, 1.82) is 0 Å². The zero-order valence-electron chi connectivity index (χ0n) is 13.9. The van der Waals surface area contributed by atoms with E-state index < -0.39 is 0 Å². The van der Waals surface area contributed by atoms with Gasteiger partial charge in [-0.25, -0.2) is 5.90 Å². The molecule has 0 radical (unpaired) electrons. The lowest BCUT2D eigenvalue weighted by atomic mass is 9.47. The smallest absolute Gasteiger partial charge is 0.155 e. The van der Waals surface area contributed by atoms with Crippen LogP contribution in [0.1, 0.15) is 65.2 Å². The zero-order valence-corrected chi connectivity index (χ0v) is 13.9. The molecular weight excluding hydrogens is 274 g/mol. The van der Waals surface area contributed by atoms with E-state index in [-0.39, 0.29) is 11.5 Å². The Bertz CT molecular complexity index is 528. The largest absolute Gasteiger partial charge is 0.301 e. The van der Waals surface area contributed by atoms with Gasteiger partial charge in [-0.15, -0.1) is 0 Å². The number of rotatable bonds is 1. The highest BCUT2D eigenvalue weighted by Gasteiger charge is 2.57. The Labute approximate surface area is 133 Å². The molecule has 0 spiro atoms. The van der Waals surface area contributed by atoms with E-state index in [1.54, 1.807) is 0 Å². The van der Waals surface area contributed by atoms with E-state index in [9.17, 15) is 4.79 Å². The lowest BCUT2D eigenvalue weighted by Crippen LogP contribution is -2.49. The van der Waals surface area contributed by atoms with Crippen LogP contribution in [0.5, 0.6) is 0 Å². The molecule has 122 valence electrons. The van der Waals surface area contributed by atoms with Gasteiger partial charge in [-0.1, -0.05) is 19.4 Å². The summed E-state index contributed by atoms with van der Waals surface area (Å²) in [4.78, 5) is 17.1. The van der Waals surface area contributed by atoms with Gasteiger partial charge in [0.25, 0.3) is 0 Å². The van der Waals surface area contributed by atoms with Gasteiger partial charge < -0.3 is 4.84 Å². The number of hydrogen-bond acceptors (Lipinski definition) is 3. The summed E-state index contributed by atoms with van der Waals surface area (Å²) in [5, 5.41) is 0. The standard InChI is InChI=1S/C19H29NO2/c1-18-7-6-16-15(17(18)10-14(11-18)22-20)4-3-12-9-13(21)5-8-19(12,16)2/h9,14-17H,3-8,10-11,20H2,1-2H3. The number of ketones is 1. The molecule has 22 heavy (non-hydrogen) atoms. The number of hydrogen-bond donors (Lipinski definition) is 1. The van der Waals surface area contributed by atoms with Crippen LogP contribution >= 0.6 is 0 Å². The van der Waals surface area contributed by atoms with Gasteiger partial charge in [0.15, 0.2) is 5.78 Å². The first kappa shape index (κ1) is 14.9. The normalized spacial score (nSPS) is 50.9. The van der Waals surface area contributed by atoms with Crippen LogP contribution in [0.25, 0.3) is 0 Å². The maximum atomic E-state index is 11.8. The minimum Gasteiger partial charge on any atom is -0.301 e. The first-order valence-electron chi connectivity index (χ1n) is 9.06. The third-order valence-corrected chi connectivity index (χ3v) is 7.88. The molecule has 6 atom stereocenters. The molecule has 4 rings (SSSR count). The molecule has 0 aromatic carbocycles. The lowest BCUT2D eigenvalue weighted by Gasteiger charge is -2.57. The fourth-order valence-electron chi connectivity index (χ4n) is 6.66. The van der Waals surface area contributed by atoms with E-state index in [1.165, 1.54) is 24.8 Å². The number of allylic oxidation sites excluding steroid dienone is 1. The molecule has 2 N–H and O–H groups in total. The Balaban J connectivity index is 1.66. The molecule has 3 fully saturated rings. The van der Waals surface area contributed by atoms with Crippen LogP contribution in [0.2, 0.25) is 0 Å². The van der Waals surface area contributed by atoms with Crippen LogP contribution in [-0.2, 0) is 9.63 Å². The number of fused-ring (bicyclic) bond motifs is 5. The summed E-state index contributed by atoms with van der Waals surface area (Å²) in [6.45, 7) is 4.90. The van der Waals surface area contributed by atoms with E-state index in [0.717, 1.165) is 49.9 Å². The van der Waals surface area contributed by atoms with Crippen LogP contribution in [0.3, 0.4) is 0 Å². The predicted molar refractivity (Wildman–Crippen MR) is 85.8 cm³/mol. The highest BCUT2D eigenvalue weighted by atomic mass is 16.6. The quantitative estimate of drug-likeness (QED) is 0.750. The molecule has 0 amide bonds. The molecule has 4 aliphatic carbocycles. The molecule has 0 heterocycles. The van der Waals surface area contributed by atoms with Crippen LogP contribution < -0.4 is 5.90 Å². The molecule has 0 bridgehead atoms. The second-order valence-corrected chi connectivity index (χ2v) is 8.86.